The Hall–Kier alpha value is -0.265. The Morgan fingerprint density at radius 1 is 1.70 bits per heavy atom. The Bertz CT molecular complexity index is 135. The fraction of sp³-hybridized carbons (Fsp3) is 0.875. The van der Waals surface area contributed by atoms with Crippen LogP contribution < -0.4 is 0 Å². The van der Waals surface area contributed by atoms with Crippen LogP contribution in [0.5, 0.6) is 0 Å². The molecule has 0 saturated heterocycles. The van der Waals surface area contributed by atoms with Crippen LogP contribution in [-0.2, 0) is 4.79 Å². The Kier molecular flexibility index (Phi) is 2.17. The third-order valence-electron chi connectivity index (χ3n) is 2.93. The Balaban J connectivity index is 2.56. The number of hydrogen-bond acceptors (Lipinski definition) is 1. The van der Waals surface area contributed by atoms with E-state index in [-0.39, 0.29) is 5.31 Å². The topological polar surface area (TPSA) is 17.1 Å². The number of rotatable bonds is 2. The van der Waals surface area contributed by atoms with Crippen LogP contribution in [0.15, 0.2) is 0 Å². The van der Waals surface area contributed by atoms with Crippen molar-refractivity contribution in [2.24, 2.45) is 5.92 Å². The van der Waals surface area contributed by atoms with Gasteiger partial charge in [0.1, 0.15) is 0 Å². The highest BCUT2D eigenvalue weighted by atomic mass is 16.1. The van der Waals surface area contributed by atoms with Crippen molar-refractivity contribution in [2.75, 3.05) is 0 Å². The van der Waals surface area contributed by atoms with Crippen LogP contribution >= 0.6 is 0 Å². The molecule has 0 aliphatic heterocycles. The maximum atomic E-state index is 10.3. The summed E-state index contributed by atoms with van der Waals surface area (Å²) in [4.78, 5) is 10.3. The zero-order chi connectivity index (χ0) is 7.61. The SMILES string of the molecule is CC1CCCC1(C)[B]C=O. The lowest BCUT2D eigenvalue weighted by atomic mass is 9.50. The average molecular weight is 137 g/mol. The predicted molar refractivity (Wildman–Crippen MR) is 43.9 cm³/mol. The normalized spacial score (nSPS) is 39.6. The van der Waals surface area contributed by atoms with Crippen molar-refractivity contribution in [1.82, 2.24) is 0 Å². The molecule has 1 nitrogen and oxygen atoms in total. The third kappa shape index (κ3) is 1.25. The molecule has 10 heavy (non-hydrogen) atoms. The summed E-state index contributed by atoms with van der Waals surface area (Å²) in [6.07, 6.45) is 4.69. The summed E-state index contributed by atoms with van der Waals surface area (Å²) in [6, 6.07) is 0. The summed E-state index contributed by atoms with van der Waals surface area (Å²) < 4.78 is 0. The smallest absolute Gasteiger partial charge is 0.204 e. The fourth-order valence-corrected chi connectivity index (χ4v) is 1.77. The molecular formula is C8H14BO. The fourth-order valence-electron chi connectivity index (χ4n) is 1.77. The quantitative estimate of drug-likeness (QED) is 0.419. The van der Waals surface area contributed by atoms with E-state index in [1.54, 1.807) is 0 Å². The van der Waals surface area contributed by atoms with Crippen LogP contribution in [0.25, 0.3) is 0 Å². The molecule has 0 aromatic heterocycles. The monoisotopic (exact) mass is 137 g/mol. The van der Waals surface area contributed by atoms with Gasteiger partial charge in [0.2, 0.25) is 7.28 Å². The molecule has 0 aromatic carbocycles. The van der Waals surface area contributed by atoms with Crippen LogP contribution in [0.1, 0.15) is 33.1 Å². The molecule has 0 N–H and O–H groups in total. The molecule has 1 radical (unpaired) electrons. The average Bonchev–Trinajstić information content (AvgIpc) is 2.15. The van der Waals surface area contributed by atoms with Crippen molar-refractivity contribution in [3.8, 4) is 0 Å². The third-order valence-corrected chi connectivity index (χ3v) is 2.93. The summed E-state index contributed by atoms with van der Waals surface area (Å²) in [5.74, 6) is 0.692. The molecule has 1 fully saturated rings. The minimum absolute atomic E-state index is 0.210. The summed E-state index contributed by atoms with van der Waals surface area (Å²) >= 11 is 0. The van der Waals surface area contributed by atoms with Gasteiger partial charge in [-0.15, -0.1) is 0 Å². The van der Waals surface area contributed by atoms with E-state index in [0.29, 0.717) is 5.92 Å². The van der Waals surface area contributed by atoms with E-state index in [1.807, 2.05) is 7.28 Å². The van der Waals surface area contributed by atoms with Crippen molar-refractivity contribution in [3.05, 3.63) is 0 Å². The molecule has 0 spiro atoms. The lowest BCUT2D eigenvalue weighted by molar-refractivity contribution is 0.475. The van der Waals surface area contributed by atoms with Gasteiger partial charge in [-0.3, -0.25) is 0 Å². The van der Waals surface area contributed by atoms with Gasteiger partial charge in [0.15, 0.2) is 0 Å². The van der Waals surface area contributed by atoms with Crippen molar-refractivity contribution in [3.63, 3.8) is 0 Å². The Morgan fingerprint density at radius 2 is 2.40 bits per heavy atom. The first-order valence-corrected chi connectivity index (χ1v) is 3.99. The van der Waals surface area contributed by atoms with Crippen molar-refractivity contribution in [2.45, 2.75) is 38.4 Å². The molecule has 1 saturated carbocycles. The molecule has 2 unspecified atom stereocenters. The standard InChI is InChI=1S/C8H14BO/c1-7-4-3-5-8(7,2)9-6-10/h6-7H,3-5H2,1-2H3. The van der Waals surface area contributed by atoms with Gasteiger partial charge in [0, 0.05) is 0 Å². The zero-order valence-electron chi connectivity index (χ0n) is 6.76. The molecule has 1 rings (SSSR count). The molecular weight excluding hydrogens is 123 g/mol. The Morgan fingerprint density at radius 3 is 2.80 bits per heavy atom. The second kappa shape index (κ2) is 2.77. The minimum atomic E-state index is 0.210. The first-order chi connectivity index (χ1) is 4.69. The van der Waals surface area contributed by atoms with Crippen molar-refractivity contribution in [1.29, 1.82) is 0 Å². The van der Waals surface area contributed by atoms with Gasteiger partial charge >= 0.3 is 0 Å². The Labute approximate surface area is 63.4 Å². The maximum absolute atomic E-state index is 10.3. The molecule has 0 heterocycles. The van der Waals surface area contributed by atoms with E-state index in [4.69, 9.17) is 0 Å². The summed E-state index contributed by atoms with van der Waals surface area (Å²) in [5.41, 5.74) is 0. The van der Waals surface area contributed by atoms with Crippen molar-refractivity contribution < 1.29 is 4.79 Å². The van der Waals surface area contributed by atoms with E-state index in [2.05, 4.69) is 13.8 Å². The zero-order valence-corrected chi connectivity index (χ0v) is 6.76. The van der Waals surface area contributed by atoms with Gasteiger partial charge in [0.05, 0.1) is 6.19 Å². The van der Waals surface area contributed by atoms with Gasteiger partial charge in [-0.2, -0.15) is 0 Å². The van der Waals surface area contributed by atoms with E-state index in [1.165, 1.54) is 19.3 Å². The highest BCUT2D eigenvalue weighted by Gasteiger charge is 2.35. The second-order valence-electron chi connectivity index (χ2n) is 3.60. The lowest BCUT2D eigenvalue weighted by Crippen LogP contribution is -2.20. The minimum Gasteiger partial charge on any atom is -0.315 e. The van der Waals surface area contributed by atoms with Crippen molar-refractivity contribution >= 4 is 13.5 Å². The van der Waals surface area contributed by atoms with Gasteiger partial charge in [-0.25, -0.2) is 0 Å². The molecule has 0 bridgehead atoms. The molecule has 2 heteroatoms. The van der Waals surface area contributed by atoms with Gasteiger partial charge in [0.25, 0.3) is 0 Å². The van der Waals surface area contributed by atoms with E-state index >= 15 is 0 Å². The van der Waals surface area contributed by atoms with Crippen LogP contribution in [0.2, 0.25) is 5.31 Å². The van der Waals surface area contributed by atoms with Gasteiger partial charge < -0.3 is 4.79 Å². The first-order valence-electron chi connectivity index (χ1n) is 3.99. The van der Waals surface area contributed by atoms with Gasteiger partial charge in [-0.05, 0) is 11.2 Å². The highest BCUT2D eigenvalue weighted by molar-refractivity contribution is 6.69. The number of carbonyl (C=O) groups excluding carboxylic acids is 1. The van der Waals surface area contributed by atoms with E-state index < -0.39 is 0 Å². The van der Waals surface area contributed by atoms with Crippen LogP contribution in [0.4, 0.5) is 0 Å². The molecule has 1 aliphatic carbocycles. The number of hydrogen-bond donors (Lipinski definition) is 0. The van der Waals surface area contributed by atoms with Crippen LogP contribution in [0.3, 0.4) is 0 Å². The maximum Gasteiger partial charge on any atom is 0.204 e. The second-order valence-corrected chi connectivity index (χ2v) is 3.60. The highest BCUT2D eigenvalue weighted by Crippen LogP contribution is 2.47. The predicted octanol–water partition coefficient (Wildman–Crippen LogP) is 1.88. The largest absolute Gasteiger partial charge is 0.315 e. The van der Waals surface area contributed by atoms with E-state index in [9.17, 15) is 4.79 Å². The lowest BCUT2D eigenvalue weighted by Gasteiger charge is -2.25. The van der Waals surface area contributed by atoms with E-state index in [0.717, 1.165) is 6.19 Å². The molecule has 0 aromatic rings. The summed E-state index contributed by atoms with van der Waals surface area (Å²) in [5, 5.41) is 0.210. The first kappa shape index (κ1) is 7.84. The summed E-state index contributed by atoms with van der Waals surface area (Å²) in [7, 11) is 1.82. The number of carbonyl (C=O) groups is 1. The molecule has 1 aliphatic rings. The molecule has 55 valence electrons. The van der Waals surface area contributed by atoms with Crippen LogP contribution in [-0.4, -0.2) is 13.5 Å². The van der Waals surface area contributed by atoms with Crippen LogP contribution in [0, 0.1) is 5.92 Å². The molecule has 2 atom stereocenters. The summed E-state index contributed by atoms with van der Waals surface area (Å²) in [6.45, 7) is 4.41. The van der Waals surface area contributed by atoms with Gasteiger partial charge in [-0.1, -0.05) is 33.1 Å². The molecule has 0 amide bonds.